The third-order valence-corrected chi connectivity index (χ3v) is 5.97. The first kappa shape index (κ1) is 21.4. The molecule has 2 N–H and O–H groups in total. The number of halogens is 1. The van der Waals surface area contributed by atoms with Crippen LogP contribution in [0.2, 0.25) is 0 Å². The van der Waals surface area contributed by atoms with Gasteiger partial charge in [-0.05, 0) is 69.5 Å². The smallest absolute Gasteiger partial charge is 0.130 e. The van der Waals surface area contributed by atoms with Gasteiger partial charge in [0.1, 0.15) is 11.5 Å². The van der Waals surface area contributed by atoms with E-state index in [1.54, 1.807) is 31.5 Å². The van der Waals surface area contributed by atoms with Crippen molar-refractivity contribution in [2.75, 3.05) is 31.6 Å². The van der Waals surface area contributed by atoms with Crippen LogP contribution in [0.4, 0.5) is 10.2 Å². The zero-order valence-corrected chi connectivity index (χ0v) is 18.5. The number of aromatic nitrogens is 4. The maximum atomic E-state index is 14.5. The van der Waals surface area contributed by atoms with Crippen LogP contribution in [-0.4, -0.2) is 52.5 Å². The van der Waals surface area contributed by atoms with Gasteiger partial charge in [0.2, 0.25) is 0 Å². The van der Waals surface area contributed by atoms with Crippen molar-refractivity contribution in [1.82, 2.24) is 25.5 Å². The highest BCUT2D eigenvalue weighted by Gasteiger charge is 2.25. The summed E-state index contributed by atoms with van der Waals surface area (Å²) in [6.07, 6.45) is 11.4. The molecule has 4 rings (SSSR count). The highest BCUT2D eigenvalue weighted by molar-refractivity contribution is 5.65. The molecule has 0 aromatic carbocycles. The van der Waals surface area contributed by atoms with Gasteiger partial charge in [0.15, 0.2) is 0 Å². The molecular weight excluding hydrogens is 391 g/mol. The lowest BCUT2D eigenvalue weighted by Crippen LogP contribution is -2.34. The van der Waals surface area contributed by atoms with Crippen LogP contribution in [-0.2, 0) is 6.42 Å². The van der Waals surface area contributed by atoms with Gasteiger partial charge in [-0.2, -0.15) is 5.10 Å². The van der Waals surface area contributed by atoms with Crippen LogP contribution < -0.4 is 10.2 Å². The Labute approximate surface area is 183 Å². The van der Waals surface area contributed by atoms with Crippen LogP contribution in [0, 0.1) is 12.8 Å². The van der Waals surface area contributed by atoms with Gasteiger partial charge < -0.3 is 10.2 Å². The van der Waals surface area contributed by atoms with Gasteiger partial charge >= 0.3 is 0 Å². The average Bonchev–Trinajstić information content (AvgIpc) is 2.83. The summed E-state index contributed by atoms with van der Waals surface area (Å²) in [5.74, 6) is 1.55. The van der Waals surface area contributed by atoms with E-state index in [1.165, 1.54) is 12.8 Å². The lowest BCUT2D eigenvalue weighted by atomic mass is 9.90. The number of alkyl halides is 1. The Kier molecular flexibility index (Phi) is 6.32. The summed E-state index contributed by atoms with van der Waals surface area (Å²) >= 11 is 0. The lowest BCUT2D eigenvalue weighted by Gasteiger charge is -2.28. The van der Waals surface area contributed by atoms with E-state index in [4.69, 9.17) is 4.98 Å². The first-order valence-corrected chi connectivity index (χ1v) is 10.9. The van der Waals surface area contributed by atoms with E-state index >= 15 is 0 Å². The monoisotopic (exact) mass is 422 g/mol. The van der Waals surface area contributed by atoms with Gasteiger partial charge in [0, 0.05) is 55.3 Å². The molecule has 0 spiro atoms. The molecule has 2 aromatic heterocycles. The predicted molar refractivity (Wildman–Crippen MR) is 123 cm³/mol. The number of anilines is 1. The molecule has 1 unspecified atom stereocenters. The van der Waals surface area contributed by atoms with Gasteiger partial charge in [0.25, 0.3) is 0 Å². The Morgan fingerprint density at radius 3 is 2.71 bits per heavy atom. The second-order valence-corrected chi connectivity index (χ2v) is 8.90. The van der Waals surface area contributed by atoms with Gasteiger partial charge in [-0.3, -0.25) is 10.1 Å². The van der Waals surface area contributed by atoms with Gasteiger partial charge in [-0.15, -0.1) is 0 Å². The number of aryl methyl sites for hydroxylation is 1. The van der Waals surface area contributed by atoms with Crippen molar-refractivity contribution < 1.29 is 4.39 Å². The van der Waals surface area contributed by atoms with Crippen molar-refractivity contribution in [1.29, 1.82) is 0 Å². The minimum atomic E-state index is -1.35. The molecular formula is C24H31FN6. The van der Waals surface area contributed by atoms with Crippen molar-refractivity contribution in [3.05, 3.63) is 53.8 Å². The van der Waals surface area contributed by atoms with Crippen LogP contribution in [0.5, 0.6) is 0 Å². The number of pyridine rings is 1. The summed E-state index contributed by atoms with van der Waals surface area (Å²) < 4.78 is 14.5. The Hall–Kier alpha value is -2.80. The van der Waals surface area contributed by atoms with Crippen LogP contribution >= 0.6 is 0 Å². The minimum absolute atomic E-state index is 0.316. The summed E-state index contributed by atoms with van der Waals surface area (Å²) in [5, 5.41) is 10.8. The molecule has 1 aliphatic carbocycles. The normalized spacial score (nSPS) is 20.8. The van der Waals surface area contributed by atoms with Gasteiger partial charge in [-0.25, -0.2) is 9.37 Å². The quantitative estimate of drug-likeness (QED) is 0.778. The van der Waals surface area contributed by atoms with Crippen molar-refractivity contribution in [3.63, 3.8) is 0 Å². The highest BCUT2D eigenvalue weighted by atomic mass is 19.1. The molecule has 3 heterocycles. The molecule has 164 valence electrons. The van der Waals surface area contributed by atoms with Gasteiger partial charge in [-0.1, -0.05) is 0 Å². The molecule has 0 radical (unpaired) electrons. The first-order chi connectivity index (χ1) is 14.9. The zero-order valence-electron chi connectivity index (χ0n) is 18.5. The number of aromatic amines is 1. The molecule has 0 saturated carbocycles. The van der Waals surface area contributed by atoms with Crippen molar-refractivity contribution >= 4 is 11.9 Å². The van der Waals surface area contributed by atoms with E-state index in [-0.39, 0.29) is 0 Å². The van der Waals surface area contributed by atoms with E-state index < -0.39 is 5.67 Å². The fourth-order valence-corrected chi connectivity index (χ4v) is 4.19. The molecule has 7 heteroatoms. The fourth-order valence-electron chi connectivity index (χ4n) is 4.19. The number of fused-ring (bicyclic) bond motifs is 1. The van der Waals surface area contributed by atoms with Crippen molar-refractivity contribution in [2.45, 2.75) is 38.8 Å². The Bertz CT molecular complexity index is 1000. The van der Waals surface area contributed by atoms with Crippen LogP contribution in [0.15, 0.2) is 36.8 Å². The highest BCUT2D eigenvalue weighted by Crippen LogP contribution is 2.30. The second-order valence-electron chi connectivity index (χ2n) is 8.90. The van der Waals surface area contributed by atoms with Crippen LogP contribution in [0.3, 0.4) is 0 Å². The molecule has 31 heavy (non-hydrogen) atoms. The van der Waals surface area contributed by atoms with Crippen molar-refractivity contribution in [2.24, 2.45) is 5.92 Å². The minimum Gasteiger partial charge on any atom is -0.359 e. The summed E-state index contributed by atoms with van der Waals surface area (Å²) in [7, 11) is 2.09. The van der Waals surface area contributed by atoms with Crippen LogP contribution in [0.25, 0.3) is 17.2 Å². The largest absolute Gasteiger partial charge is 0.359 e. The predicted octanol–water partition coefficient (Wildman–Crippen LogP) is 4.03. The maximum Gasteiger partial charge on any atom is 0.130 e. The van der Waals surface area contributed by atoms with Crippen molar-refractivity contribution in [3.8, 4) is 11.1 Å². The molecule has 1 saturated heterocycles. The SMILES string of the molecule is Cc1cc(N(C)CC2CCNCC2)ncc(-c2cnc3c(c2)CC(C)(F)C=C3)cn[nH]1. The third-order valence-electron chi connectivity index (χ3n) is 5.97. The first-order valence-electron chi connectivity index (χ1n) is 10.9. The van der Waals surface area contributed by atoms with E-state index in [2.05, 4.69) is 32.4 Å². The molecule has 1 atom stereocenters. The molecule has 0 bridgehead atoms. The second kappa shape index (κ2) is 9.14. The maximum absolute atomic E-state index is 14.5. The molecule has 2 aromatic rings. The molecule has 6 nitrogen and oxygen atoms in total. The average molecular weight is 423 g/mol. The number of hydrogen-bond acceptors (Lipinski definition) is 5. The lowest BCUT2D eigenvalue weighted by molar-refractivity contribution is 0.255. The number of nitrogens with zero attached hydrogens (tertiary/aromatic N) is 4. The number of H-pyrrole nitrogens is 1. The number of rotatable bonds is 4. The topological polar surface area (TPSA) is 69.7 Å². The fraction of sp³-hybridized carbons (Fsp3) is 0.458. The molecule has 1 aliphatic heterocycles. The third kappa shape index (κ3) is 5.47. The summed E-state index contributed by atoms with van der Waals surface area (Å²) in [4.78, 5) is 11.5. The Balaban J connectivity index is 1.65. The van der Waals surface area contributed by atoms with E-state index in [1.807, 2.05) is 25.3 Å². The van der Waals surface area contributed by atoms with Crippen LogP contribution in [0.1, 0.15) is 36.7 Å². The standard InChI is InChI=1S/C24H31FN6/c1-17-10-23(31(3)16-18-5-8-26-9-6-18)28-14-21(15-29-30-17)20-11-19-12-24(2,25)7-4-22(19)27-13-20/h4,7,10-11,13-15,18,26,30H,5-6,8-9,12,16H2,1-3H3. The molecule has 2 aliphatic rings. The Morgan fingerprint density at radius 1 is 1.13 bits per heavy atom. The van der Waals surface area contributed by atoms with E-state index in [0.29, 0.717) is 12.3 Å². The molecule has 1 fully saturated rings. The molecule has 0 amide bonds. The Morgan fingerprint density at radius 2 is 1.90 bits per heavy atom. The van der Waals surface area contributed by atoms with Gasteiger partial charge in [0.05, 0.1) is 11.9 Å². The van der Waals surface area contributed by atoms with E-state index in [9.17, 15) is 4.39 Å². The number of nitrogens with one attached hydrogen (secondary N) is 2. The van der Waals surface area contributed by atoms with E-state index in [0.717, 1.165) is 53.5 Å². The number of hydrogen-bond donors (Lipinski definition) is 2. The zero-order chi connectivity index (χ0) is 21.8. The summed E-state index contributed by atoms with van der Waals surface area (Å²) in [6.45, 7) is 6.70. The summed E-state index contributed by atoms with van der Waals surface area (Å²) in [5.41, 5.74) is 2.99. The number of piperidine rings is 1. The summed E-state index contributed by atoms with van der Waals surface area (Å²) in [6, 6.07) is 4.01. The number of allylic oxidation sites excluding steroid dienone is 1.